The van der Waals surface area contributed by atoms with Crippen molar-refractivity contribution in [3.8, 4) is 5.75 Å². The van der Waals surface area contributed by atoms with Crippen molar-refractivity contribution in [2.45, 2.75) is 49.0 Å². The number of sulfonamides is 1. The van der Waals surface area contributed by atoms with Crippen LogP contribution in [0.5, 0.6) is 5.75 Å². The second-order valence-corrected chi connectivity index (χ2v) is 14.1. The van der Waals surface area contributed by atoms with Gasteiger partial charge in [-0.2, -0.15) is 5.10 Å². The molecule has 0 saturated carbocycles. The molecule has 1 saturated heterocycles. The summed E-state index contributed by atoms with van der Waals surface area (Å²) in [4.78, 5) is 30.0. The van der Waals surface area contributed by atoms with Crippen LogP contribution >= 0.6 is 11.6 Å². The lowest BCUT2D eigenvalue weighted by Gasteiger charge is -2.41. The molecular formula is C30H32ClN5O5S. The molecule has 12 heteroatoms. The number of fused-ring (bicyclic) bond motifs is 7. The molecule has 1 unspecified atom stereocenters. The number of aryl methyl sites for hydroxylation is 1. The number of aromatic nitrogens is 2. The molecule has 2 aromatic carbocycles. The third-order valence-electron chi connectivity index (χ3n) is 9.02. The van der Waals surface area contributed by atoms with Crippen LogP contribution in [-0.4, -0.2) is 67.7 Å². The molecule has 42 heavy (non-hydrogen) atoms. The molecule has 0 radical (unpaired) electrons. The number of ether oxygens (including phenoxy) is 1. The van der Waals surface area contributed by atoms with Gasteiger partial charge in [0, 0.05) is 42.8 Å². The minimum Gasteiger partial charge on any atom is -0.490 e. The smallest absolute Gasteiger partial charge is 0.264 e. The summed E-state index contributed by atoms with van der Waals surface area (Å²) in [5.41, 5.74) is 3.19. The number of hydrogen-bond acceptors (Lipinski definition) is 7. The maximum atomic E-state index is 13.4. The number of nitrogens with zero attached hydrogens (tertiary/aromatic N) is 4. The van der Waals surface area contributed by atoms with E-state index in [1.807, 2.05) is 17.0 Å². The van der Waals surface area contributed by atoms with E-state index in [1.54, 1.807) is 24.4 Å². The van der Waals surface area contributed by atoms with E-state index >= 15 is 0 Å². The zero-order valence-electron chi connectivity index (χ0n) is 23.1. The van der Waals surface area contributed by atoms with Gasteiger partial charge in [-0.15, -0.1) is 0 Å². The molecule has 1 aliphatic carbocycles. The molecular weight excluding hydrogens is 578 g/mol. The highest BCUT2D eigenvalue weighted by Crippen LogP contribution is 2.45. The van der Waals surface area contributed by atoms with Gasteiger partial charge < -0.3 is 14.5 Å². The SMILES string of the molecule is O=C1Cc2ccn(n2)CC(=O)N2CCC(C2)CN2C[C@@]3(CCCc4cc(Cl)ccc43)COc3ccc(cc32)S(=O)(=O)N1. The van der Waals surface area contributed by atoms with Crippen LogP contribution in [0.1, 0.15) is 36.1 Å². The van der Waals surface area contributed by atoms with E-state index in [-0.39, 0.29) is 35.1 Å². The lowest BCUT2D eigenvalue weighted by molar-refractivity contribution is -0.131. The first kappa shape index (κ1) is 27.3. The first-order valence-corrected chi connectivity index (χ1v) is 16.2. The van der Waals surface area contributed by atoms with Gasteiger partial charge in [0.05, 0.1) is 29.3 Å². The van der Waals surface area contributed by atoms with Crippen LogP contribution < -0.4 is 14.4 Å². The number of carbonyl (C=O) groups excluding carboxylic acids is 2. The number of halogens is 1. The average Bonchev–Trinajstić information content (AvgIpc) is 3.56. The van der Waals surface area contributed by atoms with Gasteiger partial charge in [0.2, 0.25) is 11.8 Å². The van der Waals surface area contributed by atoms with Gasteiger partial charge in [0.15, 0.2) is 0 Å². The molecule has 2 amide bonds. The summed E-state index contributed by atoms with van der Waals surface area (Å²) in [5, 5.41) is 5.03. The van der Waals surface area contributed by atoms with Crippen LogP contribution in [0.4, 0.5) is 5.69 Å². The van der Waals surface area contributed by atoms with E-state index in [0.29, 0.717) is 54.9 Å². The molecule has 7 rings (SSSR count). The Hall–Kier alpha value is -3.57. The summed E-state index contributed by atoms with van der Waals surface area (Å²) in [7, 11) is -4.16. The third-order valence-corrected chi connectivity index (χ3v) is 10.6. The van der Waals surface area contributed by atoms with Crippen molar-refractivity contribution < 1.29 is 22.7 Å². The first-order valence-electron chi connectivity index (χ1n) is 14.3. The molecule has 1 N–H and O–H groups in total. The second kappa shape index (κ2) is 10.3. The maximum Gasteiger partial charge on any atom is 0.264 e. The van der Waals surface area contributed by atoms with Gasteiger partial charge in [0.1, 0.15) is 12.3 Å². The van der Waals surface area contributed by atoms with Crippen LogP contribution in [0.3, 0.4) is 0 Å². The number of amides is 2. The molecule has 1 aromatic heterocycles. The van der Waals surface area contributed by atoms with Crippen molar-refractivity contribution in [3.63, 3.8) is 0 Å². The number of anilines is 1. The molecule has 3 aromatic rings. The van der Waals surface area contributed by atoms with E-state index in [2.05, 4.69) is 20.8 Å². The van der Waals surface area contributed by atoms with Crippen molar-refractivity contribution >= 4 is 39.1 Å². The molecule has 2 atom stereocenters. The van der Waals surface area contributed by atoms with Crippen LogP contribution in [-0.2, 0) is 44.4 Å². The van der Waals surface area contributed by atoms with Crippen LogP contribution in [0.25, 0.3) is 0 Å². The number of carbonyl (C=O) groups is 2. The largest absolute Gasteiger partial charge is 0.490 e. The van der Waals surface area contributed by atoms with Gasteiger partial charge in [0.25, 0.3) is 10.0 Å². The van der Waals surface area contributed by atoms with E-state index < -0.39 is 15.9 Å². The fourth-order valence-electron chi connectivity index (χ4n) is 7.01. The number of nitrogens with one attached hydrogen (secondary N) is 1. The highest BCUT2D eigenvalue weighted by Gasteiger charge is 2.43. The Kier molecular flexibility index (Phi) is 6.69. The normalized spacial score (nSPS) is 25.3. The summed E-state index contributed by atoms with van der Waals surface area (Å²) in [5.74, 6) is 0.0684. The molecule has 6 bridgehead atoms. The van der Waals surface area contributed by atoms with E-state index in [0.717, 1.165) is 25.7 Å². The van der Waals surface area contributed by atoms with Gasteiger partial charge >= 0.3 is 0 Å². The first-order chi connectivity index (χ1) is 20.2. The molecule has 1 fully saturated rings. The molecule has 1 spiro atoms. The molecule has 3 aliphatic heterocycles. The minimum absolute atomic E-state index is 0.00644. The fraction of sp³-hybridized carbons (Fsp3) is 0.433. The predicted molar refractivity (Wildman–Crippen MR) is 156 cm³/mol. The number of rotatable bonds is 0. The average molecular weight is 610 g/mol. The summed E-state index contributed by atoms with van der Waals surface area (Å²) in [6, 6.07) is 12.5. The van der Waals surface area contributed by atoms with E-state index in [9.17, 15) is 18.0 Å². The number of benzene rings is 2. The summed E-state index contributed by atoms with van der Waals surface area (Å²) >= 11 is 6.37. The topological polar surface area (TPSA) is 114 Å². The molecule has 4 heterocycles. The van der Waals surface area contributed by atoms with Gasteiger partial charge in [-0.3, -0.25) is 14.3 Å². The Morgan fingerprint density at radius 1 is 1.07 bits per heavy atom. The van der Waals surface area contributed by atoms with Crippen molar-refractivity contribution in [2.75, 3.05) is 37.7 Å². The number of hydrogen-bond donors (Lipinski definition) is 1. The van der Waals surface area contributed by atoms with Crippen molar-refractivity contribution in [2.24, 2.45) is 5.92 Å². The molecule has 10 nitrogen and oxygen atoms in total. The van der Waals surface area contributed by atoms with E-state index in [1.165, 1.54) is 21.9 Å². The lowest BCUT2D eigenvalue weighted by atomic mass is 9.70. The quantitative estimate of drug-likeness (QED) is 0.417. The monoisotopic (exact) mass is 609 g/mol. The summed E-state index contributed by atoms with van der Waals surface area (Å²) in [6.07, 6.45) is 5.13. The van der Waals surface area contributed by atoms with Crippen molar-refractivity contribution in [1.29, 1.82) is 0 Å². The Morgan fingerprint density at radius 3 is 2.81 bits per heavy atom. The van der Waals surface area contributed by atoms with Gasteiger partial charge in [-0.1, -0.05) is 17.7 Å². The molecule has 4 aliphatic rings. The van der Waals surface area contributed by atoms with Gasteiger partial charge in [-0.05, 0) is 79.1 Å². The Balaban J connectivity index is 1.30. The second-order valence-electron chi connectivity index (χ2n) is 11.9. The van der Waals surface area contributed by atoms with Crippen molar-refractivity contribution in [1.82, 2.24) is 19.4 Å². The van der Waals surface area contributed by atoms with Crippen molar-refractivity contribution in [3.05, 3.63) is 70.5 Å². The molecule has 220 valence electrons. The van der Waals surface area contributed by atoms with Crippen LogP contribution in [0.2, 0.25) is 5.02 Å². The highest BCUT2D eigenvalue weighted by molar-refractivity contribution is 7.90. The van der Waals surface area contributed by atoms with Crippen LogP contribution in [0, 0.1) is 5.92 Å². The summed E-state index contributed by atoms with van der Waals surface area (Å²) < 4.78 is 36.9. The standard InChI is InChI=1S/C30H32ClN5O5S/c31-22-3-5-25-21(12-22)2-1-9-30(25)18-35-16-20-7-10-34(15-20)29(38)17-36-11-8-23(32-36)13-28(37)33-42(39,40)24-4-6-27(41-19-30)26(35)14-24/h3-6,8,11-12,14,20H,1-2,7,9-10,13,15-19H2,(H,33,37)/t20?,30-/m0/s1. The van der Waals surface area contributed by atoms with Gasteiger partial charge in [-0.25, -0.2) is 13.1 Å². The zero-order chi connectivity index (χ0) is 29.1. The Labute approximate surface area is 249 Å². The third kappa shape index (κ3) is 5.02. The Morgan fingerprint density at radius 2 is 1.93 bits per heavy atom. The van der Waals surface area contributed by atoms with E-state index in [4.69, 9.17) is 16.3 Å². The fourth-order valence-corrected chi connectivity index (χ4v) is 8.21. The van der Waals surface area contributed by atoms with Crippen LogP contribution in [0.15, 0.2) is 53.6 Å². The Bertz CT molecular complexity index is 1690. The lowest BCUT2D eigenvalue weighted by Crippen LogP contribution is -2.47. The predicted octanol–water partition coefficient (Wildman–Crippen LogP) is 2.92. The summed E-state index contributed by atoms with van der Waals surface area (Å²) in [6.45, 7) is 3.04. The zero-order valence-corrected chi connectivity index (χ0v) is 24.7. The minimum atomic E-state index is -4.16. The highest BCUT2D eigenvalue weighted by atomic mass is 35.5. The maximum absolute atomic E-state index is 13.4.